The first-order chi connectivity index (χ1) is 10.5. The average molecular weight is 301 g/mol. The maximum Gasteiger partial charge on any atom is 0.322 e. The van der Waals surface area contributed by atoms with Crippen molar-refractivity contribution >= 4 is 11.9 Å². The molecule has 0 aliphatic carbocycles. The van der Waals surface area contributed by atoms with Crippen LogP contribution in [-0.2, 0) is 7.05 Å². The number of aromatic nitrogens is 6. The highest BCUT2D eigenvalue weighted by Gasteiger charge is 2.16. The van der Waals surface area contributed by atoms with E-state index in [4.69, 9.17) is 4.42 Å². The first kappa shape index (κ1) is 14.0. The van der Waals surface area contributed by atoms with Gasteiger partial charge < -0.3 is 4.42 Å². The van der Waals surface area contributed by atoms with Crippen LogP contribution in [0.25, 0.3) is 11.6 Å². The molecule has 3 rings (SSSR count). The van der Waals surface area contributed by atoms with Crippen LogP contribution in [0.15, 0.2) is 28.9 Å². The maximum absolute atomic E-state index is 12.1. The highest BCUT2D eigenvalue weighted by Crippen LogP contribution is 2.17. The van der Waals surface area contributed by atoms with E-state index in [1.807, 2.05) is 13.8 Å². The van der Waals surface area contributed by atoms with Crippen LogP contribution >= 0.6 is 0 Å². The lowest BCUT2D eigenvalue weighted by molar-refractivity contribution is 0.101. The second kappa shape index (κ2) is 5.43. The Morgan fingerprint density at radius 3 is 2.68 bits per heavy atom. The standard InChI is InChI=1S/C13H15N7O2/c1-8(2)20-7-5-9(18-20)11(21)14-13-16-15-12(22-13)10-4-6-19(3)17-10/h4-8H,1-3H3,(H,14,16,21). The van der Waals surface area contributed by atoms with E-state index >= 15 is 0 Å². The lowest BCUT2D eigenvalue weighted by Crippen LogP contribution is -2.14. The summed E-state index contributed by atoms with van der Waals surface area (Å²) in [7, 11) is 1.79. The third-order valence-corrected chi connectivity index (χ3v) is 2.95. The summed E-state index contributed by atoms with van der Waals surface area (Å²) in [5, 5.41) is 18.5. The summed E-state index contributed by atoms with van der Waals surface area (Å²) in [4.78, 5) is 12.1. The summed E-state index contributed by atoms with van der Waals surface area (Å²) in [5.74, 6) is -0.167. The van der Waals surface area contributed by atoms with Gasteiger partial charge in [0.2, 0.25) is 0 Å². The number of hydrogen-bond donors (Lipinski definition) is 1. The van der Waals surface area contributed by atoms with Crippen LogP contribution in [-0.4, -0.2) is 35.7 Å². The molecule has 0 fully saturated rings. The first-order valence-electron chi connectivity index (χ1n) is 6.73. The number of anilines is 1. The van der Waals surface area contributed by atoms with Gasteiger partial charge in [-0.05, 0) is 26.0 Å². The fourth-order valence-corrected chi connectivity index (χ4v) is 1.81. The van der Waals surface area contributed by atoms with Gasteiger partial charge in [-0.15, -0.1) is 5.10 Å². The Morgan fingerprint density at radius 1 is 1.23 bits per heavy atom. The Morgan fingerprint density at radius 2 is 2.05 bits per heavy atom. The van der Waals surface area contributed by atoms with Gasteiger partial charge in [0.15, 0.2) is 5.69 Å². The third kappa shape index (κ3) is 2.73. The smallest absolute Gasteiger partial charge is 0.322 e. The molecule has 1 N–H and O–H groups in total. The van der Waals surface area contributed by atoms with Gasteiger partial charge in [0, 0.05) is 25.5 Å². The maximum atomic E-state index is 12.1. The van der Waals surface area contributed by atoms with Crippen LogP contribution in [0.1, 0.15) is 30.4 Å². The number of carbonyl (C=O) groups is 1. The predicted octanol–water partition coefficient (Wildman–Crippen LogP) is 1.50. The molecule has 0 saturated heterocycles. The zero-order valence-electron chi connectivity index (χ0n) is 12.4. The molecule has 0 aromatic carbocycles. The SMILES string of the molecule is CC(C)n1ccc(C(=O)Nc2nnc(-c3ccn(C)n3)o2)n1. The quantitative estimate of drug-likeness (QED) is 0.783. The fourth-order valence-electron chi connectivity index (χ4n) is 1.81. The Hall–Kier alpha value is -2.97. The summed E-state index contributed by atoms with van der Waals surface area (Å²) in [5.41, 5.74) is 0.825. The van der Waals surface area contributed by atoms with Crippen molar-refractivity contribution in [1.29, 1.82) is 0 Å². The molecular formula is C13H15N7O2. The molecule has 0 unspecified atom stereocenters. The minimum atomic E-state index is -0.407. The Balaban J connectivity index is 1.73. The van der Waals surface area contributed by atoms with E-state index in [2.05, 4.69) is 25.7 Å². The van der Waals surface area contributed by atoms with E-state index in [9.17, 15) is 4.79 Å². The summed E-state index contributed by atoms with van der Waals surface area (Å²) >= 11 is 0. The van der Waals surface area contributed by atoms with Crippen molar-refractivity contribution in [2.45, 2.75) is 19.9 Å². The Kier molecular flexibility index (Phi) is 3.45. The molecule has 9 heteroatoms. The van der Waals surface area contributed by atoms with Crippen molar-refractivity contribution in [3.63, 3.8) is 0 Å². The molecule has 9 nitrogen and oxygen atoms in total. The average Bonchev–Trinajstić information content (AvgIpc) is 3.17. The molecule has 22 heavy (non-hydrogen) atoms. The Bertz CT molecular complexity index is 799. The number of amides is 1. The second-order valence-corrected chi connectivity index (χ2v) is 5.02. The zero-order valence-corrected chi connectivity index (χ0v) is 12.4. The van der Waals surface area contributed by atoms with E-state index in [0.717, 1.165) is 0 Å². The van der Waals surface area contributed by atoms with Gasteiger partial charge in [-0.1, -0.05) is 5.10 Å². The van der Waals surface area contributed by atoms with Crippen molar-refractivity contribution in [2.24, 2.45) is 7.05 Å². The molecule has 3 aromatic rings. The van der Waals surface area contributed by atoms with Crippen LogP contribution < -0.4 is 5.32 Å². The van der Waals surface area contributed by atoms with Crippen molar-refractivity contribution in [3.8, 4) is 11.6 Å². The van der Waals surface area contributed by atoms with Crippen LogP contribution in [0.3, 0.4) is 0 Å². The largest absolute Gasteiger partial charge is 0.401 e. The lowest BCUT2D eigenvalue weighted by Gasteiger charge is -2.03. The van der Waals surface area contributed by atoms with Gasteiger partial charge in [-0.2, -0.15) is 10.2 Å². The molecule has 0 spiro atoms. The van der Waals surface area contributed by atoms with Gasteiger partial charge in [-0.3, -0.25) is 19.5 Å². The van der Waals surface area contributed by atoms with Gasteiger partial charge >= 0.3 is 6.01 Å². The molecular weight excluding hydrogens is 286 g/mol. The summed E-state index contributed by atoms with van der Waals surface area (Å²) in [6.45, 7) is 3.96. The second-order valence-electron chi connectivity index (χ2n) is 5.02. The van der Waals surface area contributed by atoms with Crippen molar-refractivity contribution in [2.75, 3.05) is 5.32 Å². The van der Waals surface area contributed by atoms with E-state index in [1.54, 1.807) is 40.9 Å². The number of hydrogen-bond acceptors (Lipinski definition) is 6. The zero-order chi connectivity index (χ0) is 15.7. The molecule has 0 atom stereocenters. The molecule has 0 bridgehead atoms. The van der Waals surface area contributed by atoms with Gasteiger partial charge in [-0.25, -0.2) is 0 Å². The summed E-state index contributed by atoms with van der Waals surface area (Å²) in [6.07, 6.45) is 3.50. The topological polar surface area (TPSA) is 104 Å². The highest BCUT2D eigenvalue weighted by atomic mass is 16.4. The van der Waals surface area contributed by atoms with Crippen molar-refractivity contribution < 1.29 is 9.21 Å². The first-order valence-corrected chi connectivity index (χ1v) is 6.73. The number of nitrogens with one attached hydrogen (secondary N) is 1. The van der Waals surface area contributed by atoms with Crippen molar-refractivity contribution in [1.82, 2.24) is 29.8 Å². The molecule has 1 amide bonds. The minimum Gasteiger partial charge on any atom is -0.401 e. The minimum absolute atomic E-state index is 0.00440. The molecule has 114 valence electrons. The van der Waals surface area contributed by atoms with Gasteiger partial charge in [0.1, 0.15) is 5.69 Å². The predicted molar refractivity (Wildman–Crippen MR) is 77.1 cm³/mol. The van der Waals surface area contributed by atoms with Gasteiger partial charge in [0.05, 0.1) is 0 Å². The number of nitrogens with zero attached hydrogens (tertiary/aromatic N) is 6. The monoisotopic (exact) mass is 301 g/mol. The van der Waals surface area contributed by atoms with E-state index < -0.39 is 5.91 Å². The van der Waals surface area contributed by atoms with Crippen LogP contribution in [0, 0.1) is 0 Å². The summed E-state index contributed by atoms with van der Waals surface area (Å²) < 4.78 is 8.68. The summed E-state index contributed by atoms with van der Waals surface area (Å²) in [6, 6.07) is 3.56. The third-order valence-electron chi connectivity index (χ3n) is 2.95. The normalized spacial score (nSPS) is 11.1. The molecule has 3 heterocycles. The highest BCUT2D eigenvalue weighted by molar-refractivity contribution is 6.01. The number of rotatable bonds is 4. The molecule has 0 aliphatic heterocycles. The van der Waals surface area contributed by atoms with Crippen LogP contribution in [0.4, 0.5) is 6.01 Å². The molecule has 0 saturated carbocycles. The molecule has 0 aliphatic rings. The van der Waals surface area contributed by atoms with Crippen LogP contribution in [0.2, 0.25) is 0 Å². The van der Waals surface area contributed by atoms with Crippen LogP contribution in [0.5, 0.6) is 0 Å². The van der Waals surface area contributed by atoms with Gasteiger partial charge in [0.25, 0.3) is 11.8 Å². The van der Waals surface area contributed by atoms with E-state index in [1.165, 1.54) is 0 Å². The van der Waals surface area contributed by atoms with E-state index in [-0.39, 0.29) is 23.6 Å². The fraction of sp³-hybridized carbons (Fsp3) is 0.308. The molecule has 0 radical (unpaired) electrons. The van der Waals surface area contributed by atoms with E-state index in [0.29, 0.717) is 5.69 Å². The Labute approximate surface area is 125 Å². The lowest BCUT2D eigenvalue weighted by atomic mass is 10.4. The number of carbonyl (C=O) groups excluding carboxylic acids is 1. The molecule has 3 aromatic heterocycles. The number of aryl methyl sites for hydroxylation is 1. The van der Waals surface area contributed by atoms with Crippen molar-refractivity contribution in [3.05, 3.63) is 30.2 Å².